The molecule has 0 bridgehead atoms. The van der Waals surface area contributed by atoms with Crippen LogP contribution in [-0.4, -0.2) is 21.3 Å². The van der Waals surface area contributed by atoms with E-state index < -0.39 is 5.97 Å². The Kier molecular flexibility index (Phi) is 3.85. The largest absolute Gasteiger partial charge is 0.478 e. The number of ether oxygens (including phenoxy) is 1. The van der Waals surface area contributed by atoms with Crippen LogP contribution >= 0.6 is 0 Å². The lowest BCUT2D eigenvalue weighted by atomic mass is 10.1. The van der Waals surface area contributed by atoms with E-state index in [1.54, 1.807) is 26.0 Å². The molecule has 1 N–H and O–H groups in total. The molecule has 0 saturated heterocycles. The number of hydrogen-bond acceptors (Lipinski definition) is 5. The molecule has 6 heteroatoms. The monoisotopic (exact) mass is 283 g/mol. The maximum absolute atomic E-state index is 11.2. The third-order valence-corrected chi connectivity index (χ3v) is 3.11. The van der Waals surface area contributed by atoms with Crippen molar-refractivity contribution in [1.82, 2.24) is 10.2 Å². The van der Waals surface area contributed by atoms with Gasteiger partial charge >= 0.3 is 5.97 Å². The van der Waals surface area contributed by atoms with Crippen LogP contribution in [-0.2, 0) is 0 Å². The first kappa shape index (κ1) is 14.5. The lowest BCUT2D eigenvalue weighted by molar-refractivity contribution is 0.0694. The number of carboxylic acids is 1. The third kappa shape index (κ3) is 2.82. The summed E-state index contributed by atoms with van der Waals surface area (Å²) in [6.45, 7) is 5.29. The van der Waals surface area contributed by atoms with Crippen LogP contribution in [0.15, 0.2) is 18.2 Å². The number of nitriles is 1. The molecule has 2 aromatic rings. The molecule has 0 radical (unpaired) electrons. The lowest BCUT2D eigenvalue weighted by Gasteiger charge is -2.11. The second-order valence-electron chi connectivity index (χ2n) is 4.61. The number of nitrogens with zero attached hydrogens (tertiary/aromatic N) is 3. The van der Waals surface area contributed by atoms with Gasteiger partial charge in [0.05, 0.1) is 5.69 Å². The van der Waals surface area contributed by atoms with Crippen LogP contribution in [0.3, 0.4) is 0 Å². The van der Waals surface area contributed by atoms with Crippen LogP contribution < -0.4 is 4.74 Å². The van der Waals surface area contributed by atoms with E-state index in [2.05, 4.69) is 10.2 Å². The van der Waals surface area contributed by atoms with Crippen LogP contribution in [0.2, 0.25) is 0 Å². The number of carboxylic acid groups (broad SMARTS) is 1. The molecule has 0 spiro atoms. The number of rotatable bonds is 3. The minimum Gasteiger partial charge on any atom is -0.478 e. The van der Waals surface area contributed by atoms with Crippen LogP contribution in [0.5, 0.6) is 11.6 Å². The Hall–Kier alpha value is -2.94. The smallest absolute Gasteiger partial charge is 0.339 e. The molecule has 2 rings (SSSR count). The summed E-state index contributed by atoms with van der Waals surface area (Å²) in [5, 5.41) is 26.2. The Labute approximate surface area is 121 Å². The highest BCUT2D eigenvalue weighted by molar-refractivity contribution is 5.91. The van der Waals surface area contributed by atoms with Gasteiger partial charge in [-0.15, -0.1) is 5.10 Å². The van der Waals surface area contributed by atoms with E-state index in [1.165, 1.54) is 6.07 Å². The van der Waals surface area contributed by atoms with Crippen molar-refractivity contribution in [3.63, 3.8) is 0 Å². The summed E-state index contributed by atoms with van der Waals surface area (Å²) in [6.07, 6.45) is 0. The van der Waals surface area contributed by atoms with Gasteiger partial charge in [-0.3, -0.25) is 0 Å². The normalized spacial score (nSPS) is 10.0. The molecule has 1 aromatic heterocycles. The zero-order valence-electron chi connectivity index (χ0n) is 11.8. The zero-order chi connectivity index (χ0) is 15.6. The second-order valence-corrected chi connectivity index (χ2v) is 4.61. The molecule has 0 saturated carbocycles. The molecule has 0 aliphatic carbocycles. The minimum absolute atomic E-state index is 0.00418. The van der Waals surface area contributed by atoms with Crippen molar-refractivity contribution in [2.45, 2.75) is 20.8 Å². The molecule has 0 aliphatic rings. The van der Waals surface area contributed by atoms with E-state index in [0.29, 0.717) is 11.3 Å². The van der Waals surface area contributed by atoms with Gasteiger partial charge in [0, 0.05) is 0 Å². The molecule has 1 aromatic carbocycles. The highest BCUT2D eigenvalue weighted by Gasteiger charge is 2.17. The molecular formula is C15H13N3O3. The average Bonchev–Trinajstić information content (AvgIpc) is 2.43. The molecule has 0 unspecified atom stereocenters. The molecule has 0 atom stereocenters. The summed E-state index contributed by atoms with van der Waals surface area (Å²) < 4.78 is 5.53. The van der Waals surface area contributed by atoms with Gasteiger partial charge in [0.2, 0.25) is 0 Å². The number of hydrogen-bond donors (Lipinski definition) is 1. The van der Waals surface area contributed by atoms with Crippen molar-refractivity contribution in [3.05, 3.63) is 46.1 Å². The number of carbonyl (C=O) groups is 1. The quantitative estimate of drug-likeness (QED) is 0.930. The van der Waals surface area contributed by atoms with Gasteiger partial charge in [-0.1, -0.05) is 6.07 Å². The van der Waals surface area contributed by atoms with Gasteiger partial charge in [0.25, 0.3) is 5.88 Å². The Morgan fingerprint density at radius 2 is 2.00 bits per heavy atom. The highest BCUT2D eigenvalue weighted by Crippen LogP contribution is 2.28. The van der Waals surface area contributed by atoms with E-state index >= 15 is 0 Å². The van der Waals surface area contributed by atoms with Crippen molar-refractivity contribution in [2.24, 2.45) is 0 Å². The molecule has 0 aliphatic heterocycles. The van der Waals surface area contributed by atoms with Crippen molar-refractivity contribution in [2.75, 3.05) is 0 Å². The maximum atomic E-state index is 11.2. The fourth-order valence-electron chi connectivity index (χ4n) is 1.78. The van der Waals surface area contributed by atoms with Crippen molar-refractivity contribution >= 4 is 5.97 Å². The summed E-state index contributed by atoms with van der Waals surface area (Å²) in [7, 11) is 0. The van der Waals surface area contributed by atoms with E-state index in [-0.39, 0.29) is 22.8 Å². The number of benzene rings is 1. The summed E-state index contributed by atoms with van der Waals surface area (Å²) in [6, 6.07) is 6.72. The summed E-state index contributed by atoms with van der Waals surface area (Å²) in [5.41, 5.74) is 2.38. The first-order valence-corrected chi connectivity index (χ1v) is 6.19. The van der Waals surface area contributed by atoms with E-state index in [9.17, 15) is 15.2 Å². The van der Waals surface area contributed by atoms with Crippen LogP contribution in [0, 0.1) is 32.1 Å². The molecule has 21 heavy (non-hydrogen) atoms. The summed E-state index contributed by atoms with van der Waals surface area (Å²) in [4.78, 5) is 11.2. The fraction of sp³-hybridized carbons (Fsp3) is 0.200. The predicted molar refractivity (Wildman–Crippen MR) is 74.4 cm³/mol. The SMILES string of the molecule is Cc1ccc(C(=O)O)c(Oc2nnc(C)c(C)c2C#N)c1. The molecule has 0 amide bonds. The number of aromatic nitrogens is 2. The second kappa shape index (κ2) is 5.59. The van der Waals surface area contributed by atoms with Crippen LogP contribution in [0.25, 0.3) is 0 Å². The molecular weight excluding hydrogens is 270 g/mol. The Bertz CT molecular complexity index is 763. The summed E-state index contributed by atoms with van der Waals surface area (Å²) in [5.74, 6) is -0.967. The van der Waals surface area contributed by atoms with Crippen molar-refractivity contribution in [1.29, 1.82) is 5.26 Å². The van der Waals surface area contributed by atoms with Crippen LogP contribution in [0.4, 0.5) is 0 Å². The maximum Gasteiger partial charge on any atom is 0.339 e. The number of aromatic carboxylic acids is 1. The topological polar surface area (TPSA) is 96.1 Å². The summed E-state index contributed by atoms with van der Waals surface area (Å²) >= 11 is 0. The van der Waals surface area contributed by atoms with Gasteiger partial charge in [-0.2, -0.15) is 10.4 Å². The van der Waals surface area contributed by atoms with Crippen molar-refractivity contribution < 1.29 is 14.6 Å². The van der Waals surface area contributed by atoms with E-state index in [4.69, 9.17) is 4.74 Å². The average molecular weight is 283 g/mol. The molecule has 6 nitrogen and oxygen atoms in total. The highest BCUT2D eigenvalue weighted by atomic mass is 16.5. The Morgan fingerprint density at radius 3 is 2.62 bits per heavy atom. The first-order valence-electron chi connectivity index (χ1n) is 6.19. The fourth-order valence-corrected chi connectivity index (χ4v) is 1.78. The van der Waals surface area contributed by atoms with Crippen molar-refractivity contribution in [3.8, 4) is 17.7 Å². The Morgan fingerprint density at radius 1 is 1.29 bits per heavy atom. The van der Waals surface area contributed by atoms with Gasteiger partial charge in [0.1, 0.15) is 22.9 Å². The number of aryl methyl sites for hydroxylation is 2. The lowest BCUT2D eigenvalue weighted by Crippen LogP contribution is -2.04. The minimum atomic E-state index is -1.11. The van der Waals surface area contributed by atoms with Gasteiger partial charge < -0.3 is 9.84 Å². The molecule has 1 heterocycles. The predicted octanol–water partition coefficient (Wildman–Crippen LogP) is 2.76. The van der Waals surface area contributed by atoms with Gasteiger partial charge in [-0.05, 0) is 44.0 Å². The first-order chi connectivity index (χ1) is 9.93. The van der Waals surface area contributed by atoms with Gasteiger partial charge in [0.15, 0.2) is 0 Å². The van der Waals surface area contributed by atoms with Crippen LogP contribution in [0.1, 0.15) is 32.7 Å². The standard InChI is InChI=1S/C15H13N3O3/c1-8-4-5-11(15(19)20)13(6-8)21-14-12(7-16)9(2)10(3)17-18-14/h4-6H,1-3H3,(H,19,20). The molecule has 106 valence electrons. The zero-order valence-corrected chi connectivity index (χ0v) is 11.8. The molecule has 0 fully saturated rings. The van der Waals surface area contributed by atoms with Gasteiger partial charge in [-0.25, -0.2) is 4.79 Å². The van der Waals surface area contributed by atoms with E-state index in [1.807, 2.05) is 13.0 Å². The van der Waals surface area contributed by atoms with E-state index in [0.717, 1.165) is 5.56 Å². The Balaban J connectivity index is 2.53. The third-order valence-electron chi connectivity index (χ3n) is 3.11.